The van der Waals surface area contributed by atoms with Crippen LogP contribution in [-0.4, -0.2) is 16.0 Å². The smallest absolute Gasteiger partial charge is 0.265 e. The highest BCUT2D eigenvalue weighted by Crippen LogP contribution is 2.12. The van der Waals surface area contributed by atoms with Crippen LogP contribution in [0.25, 0.3) is 0 Å². The molecule has 1 amide bonds. The van der Waals surface area contributed by atoms with E-state index in [-0.39, 0.29) is 23.6 Å². The highest BCUT2D eigenvalue weighted by atomic mass is 79.9. The van der Waals surface area contributed by atoms with Crippen molar-refractivity contribution in [2.75, 3.05) is 0 Å². The predicted molar refractivity (Wildman–Crippen MR) is 74.0 cm³/mol. The first kappa shape index (κ1) is 14.4. The van der Waals surface area contributed by atoms with Gasteiger partial charge in [0.1, 0.15) is 6.54 Å². The van der Waals surface area contributed by atoms with Crippen molar-refractivity contribution >= 4 is 37.8 Å². The van der Waals surface area contributed by atoms with Gasteiger partial charge in [0.05, 0.1) is 4.47 Å². The van der Waals surface area contributed by atoms with Crippen molar-refractivity contribution in [2.24, 2.45) is 0 Å². The van der Waals surface area contributed by atoms with Gasteiger partial charge in [-0.05, 0) is 58.7 Å². The number of nitrogens with one attached hydrogen (secondary N) is 1. The maximum Gasteiger partial charge on any atom is 0.265 e. The van der Waals surface area contributed by atoms with Gasteiger partial charge in [-0.25, -0.2) is 0 Å². The summed E-state index contributed by atoms with van der Waals surface area (Å²) in [6, 6.07) is 1.65. The standard InChI is InChI=1S/C11H14Br2N2O2/c1-11(2,3)14-9(16)6-15-5-7(12)4-8(13)10(15)17/h4-5H,6H2,1-3H3,(H,14,16). The highest BCUT2D eigenvalue weighted by molar-refractivity contribution is 9.11. The number of hydrogen-bond acceptors (Lipinski definition) is 2. The summed E-state index contributed by atoms with van der Waals surface area (Å²) < 4.78 is 2.53. The molecule has 0 aliphatic rings. The van der Waals surface area contributed by atoms with Crippen molar-refractivity contribution in [3.63, 3.8) is 0 Å². The SMILES string of the molecule is CC(C)(C)NC(=O)Cn1cc(Br)cc(Br)c1=O. The number of halogens is 2. The molecule has 0 bridgehead atoms. The fourth-order valence-electron chi connectivity index (χ4n) is 1.29. The molecule has 1 aromatic rings. The Morgan fingerprint density at radius 2 is 2.00 bits per heavy atom. The molecule has 0 saturated heterocycles. The first-order valence-corrected chi connectivity index (χ1v) is 6.64. The maximum atomic E-state index is 11.7. The van der Waals surface area contributed by atoms with Crippen molar-refractivity contribution in [1.29, 1.82) is 0 Å². The molecular weight excluding hydrogens is 352 g/mol. The summed E-state index contributed by atoms with van der Waals surface area (Å²) in [5, 5.41) is 2.80. The van der Waals surface area contributed by atoms with Gasteiger partial charge in [-0.1, -0.05) is 0 Å². The number of nitrogens with zero attached hydrogens (tertiary/aromatic N) is 1. The van der Waals surface area contributed by atoms with Crippen molar-refractivity contribution in [1.82, 2.24) is 9.88 Å². The second kappa shape index (κ2) is 5.35. The van der Waals surface area contributed by atoms with Gasteiger partial charge >= 0.3 is 0 Å². The van der Waals surface area contributed by atoms with Crippen molar-refractivity contribution in [3.8, 4) is 0 Å². The lowest BCUT2D eigenvalue weighted by atomic mass is 10.1. The second-order valence-electron chi connectivity index (χ2n) is 4.74. The van der Waals surface area contributed by atoms with Gasteiger partial charge in [0.2, 0.25) is 5.91 Å². The average Bonchev–Trinajstić information content (AvgIpc) is 2.10. The van der Waals surface area contributed by atoms with Crippen LogP contribution in [0, 0.1) is 0 Å². The summed E-state index contributed by atoms with van der Waals surface area (Å²) in [4.78, 5) is 23.4. The third-order valence-corrected chi connectivity index (χ3v) is 2.84. The third kappa shape index (κ3) is 4.63. The molecule has 0 radical (unpaired) electrons. The van der Waals surface area contributed by atoms with Gasteiger partial charge in [-0.3, -0.25) is 9.59 Å². The largest absolute Gasteiger partial charge is 0.350 e. The Bertz CT molecular complexity index is 489. The molecule has 0 saturated carbocycles. The second-order valence-corrected chi connectivity index (χ2v) is 6.51. The fraction of sp³-hybridized carbons (Fsp3) is 0.455. The Hall–Kier alpha value is -0.620. The summed E-state index contributed by atoms with van der Waals surface area (Å²) in [5.74, 6) is -0.190. The predicted octanol–water partition coefficient (Wildman–Crippen LogP) is 2.29. The van der Waals surface area contributed by atoms with E-state index >= 15 is 0 Å². The molecule has 17 heavy (non-hydrogen) atoms. The summed E-state index contributed by atoms with van der Waals surface area (Å²) in [7, 11) is 0. The zero-order chi connectivity index (χ0) is 13.2. The molecule has 94 valence electrons. The molecule has 0 unspecified atom stereocenters. The van der Waals surface area contributed by atoms with Crippen LogP contribution in [-0.2, 0) is 11.3 Å². The third-order valence-electron chi connectivity index (χ3n) is 1.84. The van der Waals surface area contributed by atoms with Crippen LogP contribution in [0.1, 0.15) is 20.8 Å². The maximum absolute atomic E-state index is 11.7. The Balaban J connectivity index is 2.89. The average molecular weight is 366 g/mol. The first-order chi connectivity index (χ1) is 7.69. The molecule has 1 aromatic heterocycles. The number of aromatic nitrogens is 1. The molecule has 0 atom stereocenters. The van der Waals surface area contributed by atoms with Crippen LogP contribution in [0.15, 0.2) is 26.0 Å². The van der Waals surface area contributed by atoms with Gasteiger partial charge in [0.25, 0.3) is 5.56 Å². The highest BCUT2D eigenvalue weighted by Gasteiger charge is 2.15. The molecule has 4 nitrogen and oxygen atoms in total. The molecule has 0 aliphatic carbocycles. The quantitative estimate of drug-likeness (QED) is 0.874. The van der Waals surface area contributed by atoms with E-state index in [1.807, 2.05) is 20.8 Å². The molecule has 1 N–H and O–H groups in total. The lowest BCUT2D eigenvalue weighted by Crippen LogP contribution is -2.43. The van der Waals surface area contributed by atoms with Gasteiger partial charge in [0.15, 0.2) is 0 Å². The summed E-state index contributed by atoms with van der Waals surface area (Å²) >= 11 is 6.43. The molecule has 1 rings (SSSR count). The topological polar surface area (TPSA) is 51.1 Å². The number of amides is 1. The van der Waals surface area contributed by atoms with Crippen molar-refractivity contribution in [3.05, 3.63) is 31.6 Å². The van der Waals surface area contributed by atoms with E-state index in [0.29, 0.717) is 4.47 Å². The number of carbonyl (C=O) groups excluding carboxylic acids is 1. The lowest BCUT2D eigenvalue weighted by Gasteiger charge is -2.20. The van der Waals surface area contributed by atoms with Crippen LogP contribution in [0.2, 0.25) is 0 Å². The Labute approximate surface area is 117 Å². The fourth-order valence-corrected chi connectivity index (χ4v) is 2.55. The number of pyridine rings is 1. The van der Waals surface area contributed by atoms with Gasteiger partial charge in [-0.2, -0.15) is 0 Å². The molecule has 0 spiro atoms. The number of rotatable bonds is 2. The van der Waals surface area contributed by atoms with Crippen LogP contribution in [0.5, 0.6) is 0 Å². The normalized spacial score (nSPS) is 11.4. The van der Waals surface area contributed by atoms with Crippen molar-refractivity contribution < 1.29 is 4.79 Å². The molecule has 1 heterocycles. The molecular formula is C11H14Br2N2O2. The molecule has 0 aliphatic heterocycles. The van der Waals surface area contributed by atoms with Crippen molar-refractivity contribution in [2.45, 2.75) is 32.9 Å². The van der Waals surface area contributed by atoms with E-state index in [0.717, 1.165) is 4.47 Å². The van der Waals surface area contributed by atoms with Crippen LogP contribution < -0.4 is 10.9 Å². The van der Waals surface area contributed by atoms with Crippen LogP contribution in [0.4, 0.5) is 0 Å². The van der Waals surface area contributed by atoms with Gasteiger partial charge < -0.3 is 9.88 Å². The summed E-state index contributed by atoms with van der Waals surface area (Å²) in [6.07, 6.45) is 1.59. The van der Waals surface area contributed by atoms with E-state index in [2.05, 4.69) is 37.2 Å². The minimum absolute atomic E-state index is 0.00808. The van der Waals surface area contributed by atoms with E-state index in [1.165, 1.54) is 4.57 Å². The van der Waals surface area contributed by atoms with E-state index in [4.69, 9.17) is 0 Å². The number of hydrogen-bond donors (Lipinski definition) is 1. The minimum atomic E-state index is -0.302. The lowest BCUT2D eigenvalue weighted by molar-refractivity contribution is -0.123. The molecule has 6 heteroatoms. The van der Waals surface area contributed by atoms with E-state index < -0.39 is 0 Å². The number of carbonyl (C=O) groups is 1. The molecule has 0 fully saturated rings. The monoisotopic (exact) mass is 364 g/mol. The minimum Gasteiger partial charge on any atom is -0.350 e. The molecule has 0 aromatic carbocycles. The zero-order valence-electron chi connectivity index (χ0n) is 9.88. The van der Waals surface area contributed by atoms with E-state index in [1.54, 1.807) is 12.3 Å². The Kier molecular flexibility index (Phi) is 4.55. The van der Waals surface area contributed by atoms with Crippen LogP contribution in [0.3, 0.4) is 0 Å². The van der Waals surface area contributed by atoms with E-state index in [9.17, 15) is 9.59 Å². The van der Waals surface area contributed by atoms with Crippen LogP contribution >= 0.6 is 31.9 Å². The Morgan fingerprint density at radius 1 is 1.41 bits per heavy atom. The zero-order valence-corrected chi connectivity index (χ0v) is 13.1. The Morgan fingerprint density at radius 3 is 2.53 bits per heavy atom. The summed E-state index contributed by atoms with van der Waals surface area (Å²) in [5.41, 5.74) is -0.526. The van der Waals surface area contributed by atoms with Gasteiger partial charge in [-0.15, -0.1) is 0 Å². The first-order valence-electron chi connectivity index (χ1n) is 5.05. The summed E-state index contributed by atoms with van der Waals surface area (Å²) in [6.45, 7) is 5.69. The van der Waals surface area contributed by atoms with Gasteiger partial charge in [0, 0.05) is 16.2 Å².